The second-order valence-electron chi connectivity index (χ2n) is 4.14. The third-order valence-corrected chi connectivity index (χ3v) is 3.02. The molecule has 2 aliphatic rings. The van der Waals surface area contributed by atoms with Crippen LogP contribution in [0.5, 0.6) is 0 Å². The Kier molecular flexibility index (Phi) is 2.76. The van der Waals surface area contributed by atoms with Crippen LogP contribution < -0.4 is 0 Å². The quantitative estimate of drug-likeness (QED) is 0.648. The highest BCUT2D eigenvalue weighted by molar-refractivity contribution is 5.26. The number of hydrogen-bond acceptors (Lipinski definition) is 1. The molecular weight excluding hydrogens is 172 g/mol. The topological polar surface area (TPSA) is 9.23 Å². The molecule has 0 saturated carbocycles. The highest BCUT2D eigenvalue weighted by Crippen LogP contribution is 2.35. The van der Waals surface area contributed by atoms with Crippen LogP contribution in [0, 0.1) is 11.8 Å². The zero-order valence-corrected chi connectivity index (χ0v) is 8.99. The van der Waals surface area contributed by atoms with E-state index < -0.39 is 0 Å². The lowest BCUT2D eigenvalue weighted by Gasteiger charge is -2.29. The minimum atomic E-state index is 0.672. The van der Waals surface area contributed by atoms with Crippen molar-refractivity contribution in [1.82, 2.24) is 0 Å². The average molecular weight is 190 g/mol. The summed E-state index contributed by atoms with van der Waals surface area (Å²) >= 11 is 0. The predicted molar refractivity (Wildman–Crippen MR) is 58.8 cm³/mol. The molecule has 0 amide bonds. The number of fused-ring (bicyclic) bond motifs is 1. The number of ether oxygens (including phenoxy) is 1. The smallest absolute Gasteiger partial charge is 0.0926 e. The van der Waals surface area contributed by atoms with E-state index in [1.54, 1.807) is 0 Å². The number of hydrogen-bond donors (Lipinski definition) is 0. The monoisotopic (exact) mass is 190 g/mol. The minimum absolute atomic E-state index is 0.672. The van der Waals surface area contributed by atoms with E-state index in [0.29, 0.717) is 11.8 Å². The van der Waals surface area contributed by atoms with Gasteiger partial charge in [0, 0.05) is 6.42 Å². The summed E-state index contributed by atoms with van der Waals surface area (Å²) in [4.78, 5) is 0. The Morgan fingerprint density at radius 3 is 3.07 bits per heavy atom. The molecule has 0 aliphatic heterocycles. The van der Waals surface area contributed by atoms with Gasteiger partial charge in [-0.2, -0.15) is 0 Å². The maximum Gasteiger partial charge on any atom is 0.0926 e. The largest absolute Gasteiger partial charge is 0.499 e. The van der Waals surface area contributed by atoms with Crippen molar-refractivity contribution < 1.29 is 4.74 Å². The fraction of sp³-hybridized carbons (Fsp3) is 0.538. The second kappa shape index (κ2) is 4.04. The van der Waals surface area contributed by atoms with E-state index in [2.05, 4.69) is 31.2 Å². The molecule has 2 rings (SSSR count). The highest BCUT2D eigenvalue weighted by Gasteiger charge is 2.24. The summed E-state index contributed by atoms with van der Waals surface area (Å²) in [6.45, 7) is 5.02. The van der Waals surface area contributed by atoms with Crippen LogP contribution in [0.3, 0.4) is 0 Å². The molecule has 2 unspecified atom stereocenters. The summed E-state index contributed by atoms with van der Waals surface area (Å²) in [6.07, 6.45) is 11.4. The van der Waals surface area contributed by atoms with Gasteiger partial charge in [-0.15, -0.1) is 0 Å². The molecule has 1 nitrogen and oxygen atoms in total. The minimum Gasteiger partial charge on any atom is -0.499 e. The predicted octanol–water partition coefficient (Wildman–Crippen LogP) is 3.45. The van der Waals surface area contributed by atoms with E-state index in [1.807, 2.05) is 6.92 Å². The summed E-state index contributed by atoms with van der Waals surface area (Å²) in [5.74, 6) is 2.57. The van der Waals surface area contributed by atoms with Crippen molar-refractivity contribution in [1.29, 1.82) is 0 Å². The molecule has 0 radical (unpaired) electrons. The Bertz CT molecular complexity index is 296. The maximum absolute atomic E-state index is 5.57. The van der Waals surface area contributed by atoms with E-state index in [-0.39, 0.29) is 0 Å². The van der Waals surface area contributed by atoms with E-state index in [9.17, 15) is 0 Å². The summed E-state index contributed by atoms with van der Waals surface area (Å²) < 4.78 is 5.57. The Labute approximate surface area is 86.2 Å². The average Bonchev–Trinajstić information content (AvgIpc) is 2.19. The lowest BCUT2D eigenvalue weighted by molar-refractivity contribution is 0.194. The van der Waals surface area contributed by atoms with Crippen molar-refractivity contribution in [3.8, 4) is 0 Å². The highest BCUT2D eigenvalue weighted by atomic mass is 16.5. The van der Waals surface area contributed by atoms with Crippen LogP contribution >= 0.6 is 0 Å². The van der Waals surface area contributed by atoms with Crippen molar-refractivity contribution in [2.24, 2.45) is 11.8 Å². The van der Waals surface area contributed by atoms with Crippen molar-refractivity contribution >= 4 is 0 Å². The molecule has 0 aromatic rings. The fourth-order valence-electron chi connectivity index (χ4n) is 2.28. The standard InChI is InChI=1S/C13H18O/c1-3-14-13-7-6-11-8-10(2)4-5-12(11)9-13/h4-5,7-8,11-12H,3,6,9H2,1-2H3. The van der Waals surface area contributed by atoms with E-state index in [4.69, 9.17) is 4.74 Å². The van der Waals surface area contributed by atoms with Crippen LogP contribution in [0.2, 0.25) is 0 Å². The summed E-state index contributed by atoms with van der Waals surface area (Å²) in [6, 6.07) is 0. The van der Waals surface area contributed by atoms with Crippen LogP contribution in [-0.2, 0) is 4.74 Å². The van der Waals surface area contributed by atoms with Gasteiger partial charge in [-0.05, 0) is 38.2 Å². The number of allylic oxidation sites excluding steroid dienone is 6. The van der Waals surface area contributed by atoms with Crippen LogP contribution in [0.4, 0.5) is 0 Å². The van der Waals surface area contributed by atoms with Crippen LogP contribution in [0.25, 0.3) is 0 Å². The molecule has 0 spiro atoms. The van der Waals surface area contributed by atoms with Crippen molar-refractivity contribution in [2.75, 3.05) is 6.61 Å². The van der Waals surface area contributed by atoms with Gasteiger partial charge in [-0.25, -0.2) is 0 Å². The molecule has 14 heavy (non-hydrogen) atoms. The van der Waals surface area contributed by atoms with Gasteiger partial charge >= 0.3 is 0 Å². The molecule has 0 heterocycles. The Balaban J connectivity index is 2.07. The van der Waals surface area contributed by atoms with Gasteiger partial charge in [-0.3, -0.25) is 0 Å². The van der Waals surface area contributed by atoms with Gasteiger partial charge in [-0.1, -0.05) is 23.8 Å². The number of rotatable bonds is 2. The Morgan fingerprint density at radius 2 is 2.29 bits per heavy atom. The molecule has 0 aromatic carbocycles. The molecule has 0 fully saturated rings. The maximum atomic E-state index is 5.57. The van der Waals surface area contributed by atoms with Gasteiger partial charge in [0.15, 0.2) is 0 Å². The molecule has 76 valence electrons. The third-order valence-electron chi connectivity index (χ3n) is 3.02. The fourth-order valence-corrected chi connectivity index (χ4v) is 2.28. The molecule has 0 bridgehead atoms. The van der Waals surface area contributed by atoms with Gasteiger partial charge < -0.3 is 4.74 Å². The van der Waals surface area contributed by atoms with Crippen molar-refractivity contribution in [3.05, 3.63) is 35.6 Å². The van der Waals surface area contributed by atoms with Gasteiger partial charge in [0.2, 0.25) is 0 Å². The second-order valence-corrected chi connectivity index (χ2v) is 4.14. The first-order chi connectivity index (χ1) is 6.79. The normalized spacial score (nSPS) is 30.4. The van der Waals surface area contributed by atoms with E-state index in [1.165, 1.54) is 11.3 Å². The molecule has 0 aromatic heterocycles. The zero-order valence-electron chi connectivity index (χ0n) is 8.99. The van der Waals surface area contributed by atoms with Crippen LogP contribution in [0.15, 0.2) is 35.6 Å². The summed E-state index contributed by atoms with van der Waals surface area (Å²) in [5, 5.41) is 0. The van der Waals surface area contributed by atoms with Gasteiger partial charge in [0.25, 0.3) is 0 Å². The first-order valence-electron chi connectivity index (χ1n) is 5.48. The summed E-state index contributed by atoms with van der Waals surface area (Å²) in [5.41, 5.74) is 1.40. The van der Waals surface area contributed by atoms with Crippen molar-refractivity contribution in [2.45, 2.75) is 26.7 Å². The molecule has 2 atom stereocenters. The molecular formula is C13H18O. The Morgan fingerprint density at radius 1 is 1.43 bits per heavy atom. The Hall–Kier alpha value is -0.980. The third kappa shape index (κ3) is 1.92. The lowest BCUT2D eigenvalue weighted by Crippen LogP contribution is -2.18. The molecule has 0 saturated heterocycles. The molecule has 1 heteroatoms. The summed E-state index contributed by atoms with van der Waals surface area (Å²) in [7, 11) is 0. The van der Waals surface area contributed by atoms with E-state index in [0.717, 1.165) is 19.4 Å². The van der Waals surface area contributed by atoms with E-state index >= 15 is 0 Å². The molecule has 0 N–H and O–H groups in total. The van der Waals surface area contributed by atoms with Gasteiger partial charge in [0.1, 0.15) is 0 Å². The SMILES string of the molecule is CCOC1=CCC2C=C(C)C=CC2C1. The first kappa shape index (κ1) is 9.57. The van der Waals surface area contributed by atoms with Crippen LogP contribution in [0.1, 0.15) is 26.7 Å². The van der Waals surface area contributed by atoms with Crippen LogP contribution in [-0.4, -0.2) is 6.61 Å². The lowest BCUT2D eigenvalue weighted by atomic mass is 9.78. The molecule has 2 aliphatic carbocycles. The first-order valence-corrected chi connectivity index (χ1v) is 5.48. The van der Waals surface area contributed by atoms with Crippen molar-refractivity contribution in [3.63, 3.8) is 0 Å². The zero-order chi connectivity index (χ0) is 9.97. The van der Waals surface area contributed by atoms with Gasteiger partial charge in [0.05, 0.1) is 12.4 Å².